The summed E-state index contributed by atoms with van der Waals surface area (Å²) in [4.78, 5) is 4.81. The van der Waals surface area contributed by atoms with Crippen LogP contribution >= 0.6 is 0 Å². The van der Waals surface area contributed by atoms with E-state index in [4.69, 9.17) is 15.7 Å². The highest BCUT2D eigenvalue weighted by atomic mass is 16.5. The van der Waals surface area contributed by atoms with Gasteiger partial charge in [0, 0.05) is 49.8 Å². The van der Waals surface area contributed by atoms with Crippen molar-refractivity contribution in [3.63, 3.8) is 0 Å². The molecule has 9 aromatic rings. The number of nitrogens with zero attached hydrogens (tertiary/aromatic N) is 2. The summed E-state index contributed by atoms with van der Waals surface area (Å²) in [5.41, 5.74) is 15.6. The van der Waals surface area contributed by atoms with Gasteiger partial charge in [-0.2, -0.15) is 0 Å². The number of anilines is 5. The number of ether oxygens (including phenoxy) is 1. The van der Waals surface area contributed by atoms with Crippen molar-refractivity contribution in [3.05, 3.63) is 222 Å². The minimum absolute atomic E-state index is 0.248. The van der Waals surface area contributed by atoms with Gasteiger partial charge in [0.2, 0.25) is 0 Å². The predicted molar refractivity (Wildman–Crippen MR) is 313 cm³/mol. The molecule has 4 heteroatoms. The molecule has 0 saturated heterocycles. The number of para-hydroxylation sites is 4. The molecule has 2 heterocycles. The monoisotopic (exact) mass is 957 g/mol. The molecule has 4 nitrogen and oxygen atoms in total. The highest BCUT2D eigenvalue weighted by molar-refractivity contribution is 6.29. The molecule has 1 aliphatic heterocycles. The first-order valence-corrected chi connectivity index (χ1v) is 26.8. The molecule has 0 bridgehead atoms. The molecule has 1 aliphatic carbocycles. The fourth-order valence-electron chi connectivity index (χ4n) is 12.2. The summed E-state index contributed by atoms with van der Waals surface area (Å²) in [6.07, 6.45) is 16.6. The molecule has 0 amide bonds. The minimum Gasteiger partial charge on any atom is -0.488 e. The second-order valence-corrected chi connectivity index (χ2v) is 21.0. The molecule has 0 N–H and O–H groups in total. The maximum atomic E-state index is 7.22. The topological polar surface area (TPSA) is 28.9 Å². The number of allylic oxidation sites excluding steroid dienone is 6. The van der Waals surface area contributed by atoms with Gasteiger partial charge in [-0.3, -0.25) is 0 Å². The van der Waals surface area contributed by atoms with E-state index in [1.165, 1.54) is 85.7 Å². The van der Waals surface area contributed by atoms with Gasteiger partial charge in [-0.15, -0.1) is 0 Å². The number of hydrogen-bond donors (Lipinski definition) is 0. The Hall–Kier alpha value is -7.56. The van der Waals surface area contributed by atoms with Crippen LogP contribution in [0.5, 0.6) is 0 Å². The molecule has 1 atom stereocenters. The van der Waals surface area contributed by atoms with Gasteiger partial charge in [0.05, 0.1) is 17.1 Å². The molecule has 73 heavy (non-hydrogen) atoms. The first kappa shape index (κ1) is 47.7. The summed E-state index contributed by atoms with van der Waals surface area (Å²) >= 11 is 0. The van der Waals surface area contributed by atoms with Crippen LogP contribution in [0.3, 0.4) is 0 Å². The number of rotatable bonds is 15. The van der Waals surface area contributed by atoms with Gasteiger partial charge in [0.1, 0.15) is 17.9 Å². The molecule has 0 radical (unpaired) electrons. The van der Waals surface area contributed by atoms with Crippen molar-refractivity contribution in [1.29, 1.82) is 0 Å². The van der Waals surface area contributed by atoms with E-state index in [0.717, 1.165) is 74.0 Å². The van der Waals surface area contributed by atoms with Crippen LogP contribution in [0.15, 0.2) is 210 Å². The zero-order valence-corrected chi connectivity index (χ0v) is 43.8. The average Bonchev–Trinajstić information content (AvgIpc) is 4.19. The van der Waals surface area contributed by atoms with E-state index in [2.05, 4.69) is 223 Å². The minimum atomic E-state index is 0.248. The van der Waals surface area contributed by atoms with Crippen molar-refractivity contribution in [1.82, 2.24) is 0 Å². The summed E-state index contributed by atoms with van der Waals surface area (Å²) < 4.78 is 13.6. The highest BCUT2D eigenvalue weighted by Crippen LogP contribution is 2.52. The Labute approximate surface area is 432 Å². The van der Waals surface area contributed by atoms with Crippen LogP contribution in [-0.2, 0) is 4.74 Å². The van der Waals surface area contributed by atoms with Crippen LogP contribution in [0.25, 0.3) is 54.3 Å². The first-order valence-electron chi connectivity index (χ1n) is 26.8. The van der Waals surface area contributed by atoms with Crippen LogP contribution in [0, 0.1) is 5.92 Å². The molecular formula is C69H68N2O2. The van der Waals surface area contributed by atoms with Crippen molar-refractivity contribution in [2.45, 2.75) is 98.3 Å². The van der Waals surface area contributed by atoms with Crippen LogP contribution in [-0.4, -0.2) is 6.61 Å². The lowest BCUT2D eigenvalue weighted by atomic mass is 9.84. The molecule has 2 aliphatic rings. The van der Waals surface area contributed by atoms with Crippen molar-refractivity contribution in [2.24, 2.45) is 5.92 Å². The van der Waals surface area contributed by atoms with Gasteiger partial charge in [0.15, 0.2) is 5.58 Å². The fourth-order valence-corrected chi connectivity index (χ4v) is 12.2. The van der Waals surface area contributed by atoms with Gasteiger partial charge >= 0.3 is 0 Å². The third-order valence-corrected chi connectivity index (χ3v) is 16.0. The fraction of sp³-hybridized carbons (Fsp3) is 0.246. The molecule has 1 aromatic heterocycles. The van der Waals surface area contributed by atoms with E-state index in [1.807, 2.05) is 6.08 Å². The normalized spacial score (nSPS) is 15.7. The van der Waals surface area contributed by atoms with Crippen LogP contribution in [0.1, 0.15) is 115 Å². The zero-order chi connectivity index (χ0) is 50.5. The van der Waals surface area contributed by atoms with Crippen LogP contribution in [0.2, 0.25) is 0 Å². The Bertz CT molecular complexity index is 3690. The molecule has 11 rings (SSSR count). The Balaban J connectivity index is 1.13. The standard InChI is InChI=1S/C69H68N2O2/c1-10-45(8)51(11-2)67-52(12-3)48(42-72-67)27-21-24-46(9)70(49-28-15-13-16-29-49)63-40-60(43(4)5)54-37-39-59-64(41-61(44(6)7)55-36-38-58(63)65(54)66(55)59)71(50-30-17-14-18-31-50)62-35-23-34-57-56-33-22-32-53(47-25-19-20-26-47)68(56)73-69(57)62/h11-18,21-24,27-41,43-45,47H,3,9-10,19-20,25-26,42H2,1-2,4-8H3/b24-21-,48-27+,51-11-. The van der Waals surface area contributed by atoms with Gasteiger partial charge in [-0.25, -0.2) is 0 Å². The largest absolute Gasteiger partial charge is 0.488 e. The van der Waals surface area contributed by atoms with Crippen molar-refractivity contribution >= 4 is 82.7 Å². The lowest BCUT2D eigenvalue weighted by Gasteiger charge is -2.31. The SMILES string of the molecule is C=CC1=C(C(=C\C)/C(C)CC)OC/C1=C\C=C/C(=C)N(c1ccccc1)c1cc(C(C)C)c2ccc3c(N(c4ccccc4)c4cccc5c4oc4c(C6CCCC6)cccc45)cc(C(C)C)c4ccc1c2c43. The highest BCUT2D eigenvalue weighted by Gasteiger charge is 2.29. The van der Waals surface area contributed by atoms with Crippen molar-refractivity contribution in [3.8, 4) is 0 Å². The number of hydrogen-bond acceptors (Lipinski definition) is 4. The lowest BCUT2D eigenvalue weighted by molar-refractivity contribution is 0.262. The first-order chi connectivity index (χ1) is 35.6. The smallest absolute Gasteiger partial charge is 0.159 e. The van der Waals surface area contributed by atoms with E-state index in [1.54, 1.807) is 0 Å². The Morgan fingerprint density at radius 3 is 1.86 bits per heavy atom. The maximum absolute atomic E-state index is 7.22. The second-order valence-electron chi connectivity index (χ2n) is 21.0. The van der Waals surface area contributed by atoms with Gasteiger partial charge < -0.3 is 19.0 Å². The lowest BCUT2D eigenvalue weighted by Crippen LogP contribution is -2.16. The van der Waals surface area contributed by atoms with Gasteiger partial charge in [-0.05, 0) is 142 Å². The summed E-state index contributed by atoms with van der Waals surface area (Å²) in [6.45, 7) is 25.4. The van der Waals surface area contributed by atoms with E-state index in [9.17, 15) is 0 Å². The van der Waals surface area contributed by atoms with E-state index in [-0.39, 0.29) is 11.8 Å². The van der Waals surface area contributed by atoms with Crippen LogP contribution in [0.4, 0.5) is 28.4 Å². The number of benzene rings is 8. The molecule has 1 fully saturated rings. The predicted octanol–water partition coefficient (Wildman–Crippen LogP) is 20.5. The van der Waals surface area contributed by atoms with Crippen LogP contribution < -0.4 is 9.80 Å². The number of fused-ring (bicyclic) bond motifs is 3. The zero-order valence-electron chi connectivity index (χ0n) is 43.8. The summed E-state index contributed by atoms with van der Waals surface area (Å²) in [5.74, 6) is 2.36. The Kier molecular flexibility index (Phi) is 13.0. The summed E-state index contributed by atoms with van der Waals surface area (Å²) in [6, 6.07) is 49.5. The van der Waals surface area contributed by atoms with Crippen molar-refractivity contribution in [2.75, 3.05) is 16.4 Å². The van der Waals surface area contributed by atoms with Gasteiger partial charge in [0.25, 0.3) is 0 Å². The van der Waals surface area contributed by atoms with Crippen molar-refractivity contribution < 1.29 is 9.15 Å². The molecule has 366 valence electrons. The molecule has 1 saturated carbocycles. The Morgan fingerprint density at radius 2 is 1.25 bits per heavy atom. The third kappa shape index (κ3) is 8.26. The third-order valence-electron chi connectivity index (χ3n) is 16.0. The van der Waals surface area contributed by atoms with Gasteiger partial charge in [-0.1, -0.05) is 183 Å². The molecular weight excluding hydrogens is 889 g/mol. The van der Waals surface area contributed by atoms with E-state index >= 15 is 0 Å². The average molecular weight is 957 g/mol. The maximum Gasteiger partial charge on any atom is 0.159 e. The number of furan rings is 1. The summed E-state index contributed by atoms with van der Waals surface area (Å²) in [7, 11) is 0. The molecule has 0 spiro atoms. The molecule has 8 aromatic carbocycles. The molecule has 1 unspecified atom stereocenters. The Morgan fingerprint density at radius 1 is 0.658 bits per heavy atom. The quantitative estimate of drug-likeness (QED) is 0.0756. The van der Waals surface area contributed by atoms with E-state index < -0.39 is 0 Å². The summed E-state index contributed by atoms with van der Waals surface area (Å²) in [5, 5.41) is 9.83. The second kappa shape index (κ2) is 19.8. The van der Waals surface area contributed by atoms with E-state index in [0.29, 0.717) is 18.4 Å².